The van der Waals surface area contributed by atoms with Gasteiger partial charge < -0.3 is 9.32 Å². The van der Waals surface area contributed by atoms with Crippen molar-refractivity contribution in [1.29, 1.82) is 0 Å². The van der Waals surface area contributed by atoms with Gasteiger partial charge in [0.25, 0.3) is 0 Å². The average molecular weight is 432 g/mol. The maximum atomic E-state index is 12.9. The third kappa shape index (κ3) is 4.80. The lowest BCUT2D eigenvalue weighted by atomic mass is 9.94. The maximum absolute atomic E-state index is 12.9. The summed E-state index contributed by atoms with van der Waals surface area (Å²) in [6.07, 6.45) is 3.53. The van der Waals surface area contributed by atoms with Crippen LogP contribution in [-0.2, 0) is 21.1 Å². The summed E-state index contributed by atoms with van der Waals surface area (Å²) >= 11 is 0. The smallest absolute Gasteiger partial charge is 0.226 e. The highest BCUT2D eigenvalue weighted by molar-refractivity contribution is 7.92. The quantitative estimate of drug-likeness (QED) is 0.696. The Hall–Kier alpha value is -2.08. The molecule has 3 rings (SSSR count). The molecule has 1 aromatic heterocycles. The van der Waals surface area contributed by atoms with E-state index in [9.17, 15) is 13.2 Å². The van der Waals surface area contributed by atoms with E-state index >= 15 is 0 Å². The van der Waals surface area contributed by atoms with E-state index in [0.29, 0.717) is 19.5 Å². The molecule has 1 aliphatic rings. The van der Waals surface area contributed by atoms with Crippen molar-refractivity contribution in [3.8, 4) is 11.3 Å². The number of carbonyl (C=O) groups is 1. The summed E-state index contributed by atoms with van der Waals surface area (Å²) in [7, 11) is -3.13. The summed E-state index contributed by atoms with van der Waals surface area (Å²) in [5, 5.41) is 0. The Labute approximate surface area is 180 Å². The molecule has 0 spiro atoms. The third-order valence-electron chi connectivity index (χ3n) is 6.38. The zero-order valence-corrected chi connectivity index (χ0v) is 19.5. The predicted molar refractivity (Wildman–Crippen MR) is 120 cm³/mol. The summed E-state index contributed by atoms with van der Waals surface area (Å²) in [6, 6.07) is 7.85. The van der Waals surface area contributed by atoms with Crippen LogP contribution in [0, 0.1) is 19.8 Å². The van der Waals surface area contributed by atoms with Crippen molar-refractivity contribution in [3.63, 3.8) is 0 Å². The van der Waals surface area contributed by atoms with Gasteiger partial charge in [-0.3, -0.25) is 4.79 Å². The molecule has 0 aliphatic carbocycles. The van der Waals surface area contributed by atoms with Crippen molar-refractivity contribution < 1.29 is 17.6 Å². The third-order valence-corrected chi connectivity index (χ3v) is 9.16. The van der Waals surface area contributed by atoms with Crippen LogP contribution in [0.2, 0.25) is 0 Å². The monoisotopic (exact) mass is 431 g/mol. The number of benzene rings is 1. The Balaban J connectivity index is 1.61. The van der Waals surface area contributed by atoms with Crippen LogP contribution in [0.3, 0.4) is 0 Å². The van der Waals surface area contributed by atoms with Crippen molar-refractivity contribution in [2.24, 2.45) is 5.92 Å². The number of furan rings is 1. The number of nitrogens with zero attached hydrogens (tertiary/aromatic N) is 1. The number of hydrogen-bond acceptors (Lipinski definition) is 4. The number of likely N-dealkylation sites (tertiary alicyclic amines) is 1. The second-order valence-electron chi connectivity index (χ2n) is 9.39. The van der Waals surface area contributed by atoms with Crippen LogP contribution in [0.15, 0.2) is 34.9 Å². The minimum Gasteiger partial charge on any atom is -0.464 e. The van der Waals surface area contributed by atoms with E-state index in [-0.39, 0.29) is 17.6 Å². The zero-order valence-electron chi connectivity index (χ0n) is 18.7. The van der Waals surface area contributed by atoms with E-state index in [2.05, 4.69) is 6.92 Å². The van der Waals surface area contributed by atoms with Crippen LogP contribution < -0.4 is 0 Å². The second-order valence-corrected chi connectivity index (χ2v) is 12.2. The summed E-state index contributed by atoms with van der Waals surface area (Å²) in [4.78, 5) is 14.8. The van der Waals surface area contributed by atoms with Crippen molar-refractivity contribution in [1.82, 2.24) is 4.90 Å². The molecule has 0 bridgehead atoms. The lowest BCUT2D eigenvalue weighted by Gasteiger charge is -2.33. The Kier molecular flexibility index (Phi) is 6.46. The molecule has 1 aromatic carbocycles. The van der Waals surface area contributed by atoms with E-state index in [0.717, 1.165) is 40.9 Å². The van der Waals surface area contributed by atoms with E-state index in [1.165, 1.54) is 0 Å². The Bertz CT molecular complexity index is 993. The number of sulfone groups is 1. The molecule has 0 radical (unpaired) electrons. The molecular weight excluding hydrogens is 398 g/mol. The van der Waals surface area contributed by atoms with E-state index in [4.69, 9.17) is 4.42 Å². The molecule has 2 heterocycles. The maximum Gasteiger partial charge on any atom is 0.226 e. The molecule has 30 heavy (non-hydrogen) atoms. The Morgan fingerprint density at radius 1 is 1.10 bits per heavy atom. The Morgan fingerprint density at radius 2 is 1.77 bits per heavy atom. The van der Waals surface area contributed by atoms with Crippen molar-refractivity contribution >= 4 is 15.7 Å². The Morgan fingerprint density at radius 3 is 2.33 bits per heavy atom. The van der Waals surface area contributed by atoms with Crippen LogP contribution in [0.1, 0.15) is 50.3 Å². The van der Waals surface area contributed by atoms with E-state index in [1.54, 1.807) is 27.0 Å². The molecule has 0 saturated carbocycles. The first kappa shape index (κ1) is 22.6. The summed E-state index contributed by atoms with van der Waals surface area (Å²) in [5.41, 5.74) is 4.32. The molecule has 0 N–H and O–H groups in total. The topological polar surface area (TPSA) is 67.6 Å². The molecule has 6 heteroatoms. The fraction of sp³-hybridized carbons (Fsp3) is 0.542. The van der Waals surface area contributed by atoms with Gasteiger partial charge in [-0.2, -0.15) is 0 Å². The first-order valence-electron chi connectivity index (χ1n) is 10.6. The molecule has 2 aromatic rings. The van der Waals surface area contributed by atoms with Crippen LogP contribution >= 0.6 is 0 Å². The molecular formula is C24H33NO4S. The van der Waals surface area contributed by atoms with Gasteiger partial charge in [0.2, 0.25) is 5.91 Å². The van der Waals surface area contributed by atoms with Crippen molar-refractivity contribution in [2.45, 2.75) is 58.6 Å². The molecule has 1 amide bonds. The minimum absolute atomic E-state index is 0.111. The first-order valence-corrected chi connectivity index (χ1v) is 12.3. The first-order chi connectivity index (χ1) is 14.0. The molecule has 1 saturated heterocycles. The highest BCUT2D eigenvalue weighted by Gasteiger charge is 2.33. The molecule has 1 aliphatic heterocycles. The standard InChI is InChI=1S/C24H33NO4S/c1-17-18(2)21(22-7-6-14-29-22)9-8-20(17)15-23(26)25-12-10-19(11-13-25)16-30(27,28)24(3,4)5/h6-9,14,19H,10-13,15-16H2,1-5H3. The van der Waals surface area contributed by atoms with Crippen LogP contribution in [0.25, 0.3) is 11.3 Å². The fourth-order valence-corrected chi connectivity index (χ4v) is 5.41. The molecule has 1 fully saturated rings. The van der Waals surface area contributed by atoms with E-state index in [1.807, 2.05) is 36.1 Å². The minimum atomic E-state index is -3.13. The largest absolute Gasteiger partial charge is 0.464 e. The fourth-order valence-electron chi connectivity index (χ4n) is 3.95. The van der Waals surface area contributed by atoms with Crippen molar-refractivity contribution in [3.05, 3.63) is 47.2 Å². The van der Waals surface area contributed by atoms with Gasteiger partial charge in [-0.15, -0.1) is 0 Å². The number of piperidine rings is 1. The van der Waals surface area contributed by atoms with Crippen LogP contribution in [-0.4, -0.2) is 42.8 Å². The zero-order chi connectivity index (χ0) is 22.1. The van der Waals surface area contributed by atoms with Gasteiger partial charge in [0.1, 0.15) is 5.76 Å². The van der Waals surface area contributed by atoms with Gasteiger partial charge in [-0.05, 0) is 82.2 Å². The lowest BCUT2D eigenvalue weighted by molar-refractivity contribution is -0.131. The van der Waals surface area contributed by atoms with Crippen LogP contribution in [0.5, 0.6) is 0 Å². The van der Waals surface area contributed by atoms with Crippen LogP contribution in [0.4, 0.5) is 0 Å². The number of amides is 1. The SMILES string of the molecule is Cc1c(CC(=O)N2CCC(CS(=O)(=O)C(C)(C)C)CC2)ccc(-c2ccco2)c1C. The van der Waals surface area contributed by atoms with Gasteiger partial charge in [0, 0.05) is 18.7 Å². The summed E-state index contributed by atoms with van der Waals surface area (Å²) in [5.74, 6) is 1.29. The van der Waals surface area contributed by atoms with Gasteiger partial charge in [-0.1, -0.05) is 12.1 Å². The van der Waals surface area contributed by atoms with Gasteiger partial charge in [0.15, 0.2) is 9.84 Å². The van der Waals surface area contributed by atoms with Gasteiger partial charge in [-0.25, -0.2) is 8.42 Å². The highest BCUT2D eigenvalue weighted by atomic mass is 32.2. The van der Waals surface area contributed by atoms with Gasteiger partial charge in [0.05, 0.1) is 23.2 Å². The van der Waals surface area contributed by atoms with E-state index < -0.39 is 14.6 Å². The van der Waals surface area contributed by atoms with Gasteiger partial charge >= 0.3 is 0 Å². The average Bonchev–Trinajstić information content (AvgIpc) is 3.19. The van der Waals surface area contributed by atoms with Crippen molar-refractivity contribution in [2.75, 3.05) is 18.8 Å². The summed E-state index contributed by atoms with van der Waals surface area (Å²) in [6.45, 7) is 10.6. The number of rotatable bonds is 5. The normalized spacial score (nSPS) is 16.1. The molecule has 0 atom stereocenters. The number of carbonyl (C=O) groups excluding carboxylic acids is 1. The second kappa shape index (κ2) is 8.58. The molecule has 0 unspecified atom stereocenters. The number of hydrogen-bond donors (Lipinski definition) is 0. The lowest BCUT2D eigenvalue weighted by Crippen LogP contribution is -2.42. The summed E-state index contributed by atoms with van der Waals surface area (Å²) < 4.78 is 29.7. The highest BCUT2D eigenvalue weighted by Crippen LogP contribution is 2.29. The predicted octanol–water partition coefficient (Wildman–Crippen LogP) is 4.56. The molecule has 5 nitrogen and oxygen atoms in total. The molecule has 164 valence electrons.